The van der Waals surface area contributed by atoms with E-state index in [0.29, 0.717) is 23.5 Å². The van der Waals surface area contributed by atoms with E-state index in [4.69, 9.17) is 9.84 Å². The predicted molar refractivity (Wildman–Crippen MR) is 95.2 cm³/mol. The Kier molecular flexibility index (Phi) is 4.55. The van der Waals surface area contributed by atoms with E-state index in [2.05, 4.69) is 4.98 Å². The van der Waals surface area contributed by atoms with E-state index in [9.17, 15) is 9.59 Å². The Balaban J connectivity index is 1.49. The highest BCUT2D eigenvalue weighted by molar-refractivity contribution is 5.96. The SMILES string of the molecule is O=C(O)c1ccc(CC2C3CCC(O3)C2CC(=O)c2cccnc2)cc1. The summed E-state index contributed by atoms with van der Waals surface area (Å²) < 4.78 is 6.11. The molecule has 5 heteroatoms. The summed E-state index contributed by atoms with van der Waals surface area (Å²) in [6.07, 6.45) is 6.99. The summed E-state index contributed by atoms with van der Waals surface area (Å²) in [5.41, 5.74) is 2.04. The van der Waals surface area contributed by atoms with Gasteiger partial charge in [0.2, 0.25) is 0 Å². The zero-order chi connectivity index (χ0) is 18.1. The number of hydrogen-bond acceptors (Lipinski definition) is 4. The van der Waals surface area contributed by atoms with Crippen LogP contribution in [0, 0.1) is 11.8 Å². The number of ketones is 1. The number of Topliss-reactive ketones (excluding diaryl/α,β-unsaturated/α-hetero) is 1. The van der Waals surface area contributed by atoms with E-state index < -0.39 is 5.97 Å². The number of pyridine rings is 1. The van der Waals surface area contributed by atoms with Crippen LogP contribution in [-0.4, -0.2) is 34.1 Å². The third-order valence-electron chi connectivity index (χ3n) is 5.67. The molecule has 2 aliphatic heterocycles. The molecule has 5 nitrogen and oxygen atoms in total. The summed E-state index contributed by atoms with van der Waals surface area (Å²) in [6.45, 7) is 0. The lowest BCUT2D eigenvalue weighted by Crippen LogP contribution is -2.30. The Labute approximate surface area is 152 Å². The molecule has 0 aliphatic carbocycles. The molecule has 1 aromatic heterocycles. The number of carbonyl (C=O) groups is 2. The van der Waals surface area contributed by atoms with Gasteiger partial charge in [-0.3, -0.25) is 9.78 Å². The molecule has 2 fully saturated rings. The van der Waals surface area contributed by atoms with Gasteiger partial charge in [-0.25, -0.2) is 4.79 Å². The number of aromatic carboxylic acids is 1. The van der Waals surface area contributed by atoms with Crippen LogP contribution in [0.3, 0.4) is 0 Å². The molecule has 2 bridgehead atoms. The van der Waals surface area contributed by atoms with Gasteiger partial charge in [0.1, 0.15) is 0 Å². The maximum absolute atomic E-state index is 12.6. The zero-order valence-corrected chi connectivity index (χ0v) is 14.4. The molecule has 0 amide bonds. The van der Waals surface area contributed by atoms with Crippen molar-refractivity contribution < 1.29 is 19.4 Å². The van der Waals surface area contributed by atoms with Gasteiger partial charge in [-0.2, -0.15) is 0 Å². The number of nitrogens with zero attached hydrogens (tertiary/aromatic N) is 1. The van der Waals surface area contributed by atoms with Crippen molar-refractivity contribution >= 4 is 11.8 Å². The first-order valence-electron chi connectivity index (χ1n) is 9.03. The van der Waals surface area contributed by atoms with Crippen molar-refractivity contribution in [1.82, 2.24) is 4.98 Å². The van der Waals surface area contributed by atoms with Crippen molar-refractivity contribution in [2.75, 3.05) is 0 Å². The van der Waals surface area contributed by atoms with Crippen LogP contribution in [0.4, 0.5) is 0 Å². The van der Waals surface area contributed by atoms with Gasteiger partial charge >= 0.3 is 5.97 Å². The van der Waals surface area contributed by atoms with E-state index in [1.807, 2.05) is 18.2 Å². The van der Waals surface area contributed by atoms with Crippen molar-refractivity contribution in [1.29, 1.82) is 0 Å². The van der Waals surface area contributed by atoms with E-state index in [1.54, 1.807) is 30.6 Å². The highest BCUT2D eigenvalue weighted by atomic mass is 16.5. The van der Waals surface area contributed by atoms with Gasteiger partial charge in [-0.05, 0) is 60.9 Å². The Morgan fingerprint density at radius 2 is 1.77 bits per heavy atom. The topological polar surface area (TPSA) is 76.5 Å². The van der Waals surface area contributed by atoms with Crippen LogP contribution in [-0.2, 0) is 11.2 Å². The number of benzene rings is 1. The first kappa shape index (κ1) is 16.9. The molecule has 1 N–H and O–H groups in total. The average Bonchev–Trinajstić information content (AvgIpc) is 3.26. The lowest BCUT2D eigenvalue weighted by molar-refractivity contribution is 0.0696. The summed E-state index contributed by atoms with van der Waals surface area (Å²) in [5.74, 6) is -0.295. The van der Waals surface area contributed by atoms with Gasteiger partial charge in [0.25, 0.3) is 0 Å². The molecule has 1 aromatic carbocycles. The largest absolute Gasteiger partial charge is 0.478 e. The highest BCUT2D eigenvalue weighted by Crippen LogP contribution is 2.46. The molecule has 4 unspecified atom stereocenters. The van der Waals surface area contributed by atoms with Crippen molar-refractivity contribution in [3.63, 3.8) is 0 Å². The molecule has 0 saturated carbocycles. The van der Waals surface area contributed by atoms with Crippen molar-refractivity contribution in [3.05, 3.63) is 65.5 Å². The van der Waals surface area contributed by atoms with Gasteiger partial charge in [0, 0.05) is 24.4 Å². The molecule has 2 aromatic rings. The number of fused-ring (bicyclic) bond motifs is 2. The van der Waals surface area contributed by atoms with Crippen LogP contribution in [0.15, 0.2) is 48.8 Å². The Morgan fingerprint density at radius 3 is 2.42 bits per heavy atom. The molecule has 4 atom stereocenters. The normalized spacial score (nSPS) is 26.8. The van der Waals surface area contributed by atoms with Crippen LogP contribution >= 0.6 is 0 Å². The molecular formula is C21H21NO4. The van der Waals surface area contributed by atoms with Crippen LogP contribution in [0.5, 0.6) is 0 Å². The van der Waals surface area contributed by atoms with E-state index >= 15 is 0 Å². The second kappa shape index (κ2) is 7.00. The zero-order valence-electron chi connectivity index (χ0n) is 14.4. The molecular weight excluding hydrogens is 330 g/mol. The van der Waals surface area contributed by atoms with Crippen LogP contribution in [0.2, 0.25) is 0 Å². The summed E-state index contributed by atoms with van der Waals surface area (Å²) in [7, 11) is 0. The molecule has 134 valence electrons. The molecule has 26 heavy (non-hydrogen) atoms. The number of hydrogen-bond donors (Lipinski definition) is 1. The second-order valence-electron chi connectivity index (χ2n) is 7.19. The fourth-order valence-corrected chi connectivity index (χ4v) is 4.35. The third kappa shape index (κ3) is 3.27. The molecule has 4 rings (SSSR count). The smallest absolute Gasteiger partial charge is 0.335 e. The lowest BCUT2D eigenvalue weighted by atomic mass is 9.73. The molecule has 3 heterocycles. The molecule has 2 aliphatic rings. The molecule has 0 radical (unpaired) electrons. The van der Waals surface area contributed by atoms with Gasteiger partial charge in [0.05, 0.1) is 17.8 Å². The minimum absolute atomic E-state index is 0.116. The first-order valence-corrected chi connectivity index (χ1v) is 9.03. The van der Waals surface area contributed by atoms with Gasteiger partial charge in [-0.15, -0.1) is 0 Å². The fourth-order valence-electron chi connectivity index (χ4n) is 4.35. The van der Waals surface area contributed by atoms with Crippen LogP contribution in [0.1, 0.15) is 45.5 Å². The summed E-state index contributed by atoms with van der Waals surface area (Å²) in [5, 5.41) is 9.03. The molecule has 2 saturated heterocycles. The van der Waals surface area contributed by atoms with Crippen molar-refractivity contribution in [2.24, 2.45) is 11.8 Å². The van der Waals surface area contributed by atoms with Crippen molar-refractivity contribution in [2.45, 2.75) is 37.9 Å². The van der Waals surface area contributed by atoms with E-state index in [1.165, 1.54) is 0 Å². The summed E-state index contributed by atoms with van der Waals surface area (Å²) >= 11 is 0. The Hall–Kier alpha value is -2.53. The maximum atomic E-state index is 12.6. The number of rotatable bonds is 6. The minimum atomic E-state index is -0.917. The van der Waals surface area contributed by atoms with Gasteiger partial charge in [-0.1, -0.05) is 12.1 Å². The quantitative estimate of drug-likeness (QED) is 0.807. The third-order valence-corrected chi connectivity index (χ3v) is 5.67. The predicted octanol–water partition coefficient (Wildman–Crippen LogP) is 3.39. The van der Waals surface area contributed by atoms with Gasteiger partial charge < -0.3 is 9.84 Å². The van der Waals surface area contributed by atoms with Crippen LogP contribution < -0.4 is 0 Å². The summed E-state index contributed by atoms with van der Waals surface area (Å²) in [6, 6.07) is 10.6. The lowest BCUT2D eigenvalue weighted by Gasteiger charge is -2.27. The average molecular weight is 351 g/mol. The first-order chi connectivity index (χ1) is 12.6. The van der Waals surface area contributed by atoms with Crippen LogP contribution in [0.25, 0.3) is 0 Å². The number of aromatic nitrogens is 1. The number of carboxylic acid groups (broad SMARTS) is 1. The summed E-state index contributed by atoms with van der Waals surface area (Å²) in [4.78, 5) is 27.7. The van der Waals surface area contributed by atoms with Crippen molar-refractivity contribution in [3.8, 4) is 0 Å². The maximum Gasteiger partial charge on any atom is 0.335 e. The van der Waals surface area contributed by atoms with E-state index in [0.717, 1.165) is 24.8 Å². The highest BCUT2D eigenvalue weighted by Gasteiger charge is 2.49. The monoisotopic (exact) mass is 351 g/mol. The fraction of sp³-hybridized carbons (Fsp3) is 0.381. The Bertz CT molecular complexity index is 803. The van der Waals surface area contributed by atoms with Gasteiger partial charge in [0.15, 0.2) is 5.78 Å². The van der Waals surface area contributed by atoms with E-state index in [-0.39, 0.29) is 23.9 Å². The second-order valence-corrected chi connectivity index (χ2v) is 7.19. The Morgan fingerprint density at radius 1 is 1.04 bits per heavy atom. The number of carbonyl (C=O) groups excluding carboxylic acids is 1. The standard InChI is InChI=1S/C21H21NO4/c23-18(15-2-1-9-22-12-15)11-17-16(19-7-8-20(17)26-19)10-13-3-5-14(6-4-13)21(24)25/h1-6,9,12,16-17,19-20H,7-8,10-11H2,(H,24,25). The molecule has 0 spiro atoms. The number of carboxylic acids is 1. The number of ether oxygens (including phenoxy) is 1. The minimum Gasteiger partial charge on any atom is -0.478 e.